The number of carbonyl (C=O) groups excluding carboxylic acids is 1. The molecular weight excluding hydrogens is 406 g/mol. The summed E-state index contributed by atoms with van der Waals surface area (Å²) < 4.78 is 16.7. The largest absolute Gasteiger partial charge is 0.484 e. The van der Waals surface area contributed by atoms with Gasteiger partial charge in [0.15, 0.2) is 11.9 Å². The lowest BCUT2D eigenvalue weighted by Gasteiger charge is -2.34. The predicted molar refractivity (Wildman–Crippen MR) is 120 cm³/mol. The zero-order chi connectivity index (χ0) is 21.9. The Morgan fingerprint density at radius 3 is 2.91 bits per heavy atom. The first-order valence-electron chi connectivity index (χ1n) is 11.6. The summed E-state index contributed by atoms with van der Waals surface area (Å²) in [5.74, 6) is 1.93. The lowest BCUT2D eigenvalue weighted by molar-refractivity contribution is 0.0850. The van der Waals surface area contributed by atoms with E-state index >= 15 is 0 Å². The number of likely N-dealkylation sites (tertiary alicyclic amines) is 1. The summed E-state index contributed by atoms with van der Waals surface area (Å²) >= 11 is 0. The highest BCUT2D eigenvalue weighted by atomic mass is 16.6. The summed E-state index contributed by atoms with van der Waals surface area (Å²) in [5.41, 5.74) is 2.39. The third-order valence-electron chi connectivity index (χ3n) is 7.05. The van der Waals surface area contributed by atoms with Gasteiger partial charge in [-0.25, -0.2) is 9.78 Å². The van der Waals surface area contributed by atoms with Crippen molar-refractivity contribution in [1.29, 1.82) is 0 Å². The number of carbonyl (C=O) groups is 1. The van der Waals surface area contributed by atoms with Crippen LogP contribution in [0.25, 0.3) is 0 Å². The quantitative estimate of drug-likeness (QED) is 0.777. The van der Waals surface area contributed by atoms with Gasteiger partial charge in [0.2, 0.25) is 0 Å². The molecule has 1 amide bonds. The van der Waals surface area contributed by atoms with Crippen LogP contribution in [0.3, 0.4) is 0 Å². The van der Waals surface area contributed by atoms with Crippen LogP contribution < -0.4 is 14.8 Å². The molecule has 1 aromatic heterocycles. The minimum absolute atomic E-state index is 0.145. The number of nitrogens with one attached hydrogen (secondary N) is 1. The van der Waals surface area contributed by atoms with Crippen molar-refractivity contribution in [2.45, 2.75) is 56.8 Å². The van der Waals surface area contributed by atoms with Crippen LogP contribution in [0.4, 0.5) is 4.79 Å². The molecule has 2 fully saturated rings. The number of fused-ring (bicyclic) bond motifs is 4. The van der Waals surface area contributed by atoms with Crippen molar-refractivity contribution in [1.82, 2.24) is 15.2 Å². The zero-order valence-electron chi connectivity index (χ0n) is 18.5. The average Bonchev–Trinajstić information content (AvgIpc) is 3.14. The summed E-state index contributed by atoms with van der Waals surface area (Å²) in [6.45, 7) is 2.53. The Morgan fingerprint density at radius 1 is 1.19 bits per heavy atom. The first-order chi connectivity index (χ1) is 15.7. The van der Waals surface area contributed by atoms with E-state index in [9.17, 15) is 4.79 Å². The topological polar surface area (TPSA) is 72.9 Å². The van der Waals surface area contributed by atoms with Gasteiger partial charge in [-0.15, -0.1) is 0 Å². The van der Waals surface area contributed by atoms with E-state index in [1.165, 1.54) is 31.9 Å². The Bertz CT molecular complexity index is 935. The van der Waals surface area contributed by atoms with E-state index in [4.69, 9.17) is 14.2 Å². The number of methoxy groups -OCH3 is 1. The summed E-state index contributed by atoms with van der Waals surface area (Å²) in [7, 11) is 1.43. The second-order valence-corrected chi connectivity index (χ2v) is 9.13. The Hall–Kier alpha value is -2.80. The van der Waals surface area contributed by atoms with Crippen molar-refractivity contribution in [3.05, 3.63) is 53.7 Å². The van der Waals surface area contributed by atoms with Crippen molar-refractivity contribution >= 4 is 6.09 Å². The maximum Gasteiger partial charge on any atom is 0.407 e. The van der Waals surface area contributed by atoms with Gasteiger partial charge < -0.3 is 19.5 Å². The van der Waals surface area contributed by atoms with Gasteiger partial charge in [-0.2, -0.15) is 0 Å². The molecule has 4 atom stereocenters. The van der Waals surface area contributed by atoms with Gasteiger partial charge in [0.05, 0.1) is 7.11 Å². The van der Waals surface area contributed by atoms with Gasteiger partial charge in [-0.3, -0.25) is 4.90 Å². The number of rotatable bonds is 4. The predicted octanol–water partition coefficient (Wildman–Crippen LogP) is 4.08. The highest BCUT2D eigenvalue weighted by molar-refractivity contribution is 5.67. The number of hydrogen-bond acceptors (Lipinski definition) is 6. The van der Waals surface area contributed by atoms with Crippen LogP contribution in [0.2, 0.25) is 0 Å². The molecule has 4 unspecified atom stereocenters. The Kier molecular flexibility index (Phi) is 6.17. The molecule has 1 saturated carbocycles. The summed E-state index contributed by atoms with van der Waals surface area (Å²) in [6, 6.07) is 13.1. The summed E-state index contributed by atoms with van der Waals surface area (Å²) in [5, 5.41) is 3.05. The van der Waals surface area contributed by atoms with Crippen molar-refractivity contribution in [3.8, 4) is 11.6 Å². The van der Waals surface area contributed by atoms with Gasteiger partial charge in [-0.1, -0.05) is 24.3 Å². The summed E-state index contributed by atoms with van der Waals surface area (Å²) in [4.78, 5) is 18.6. The number of aromatic nitrogens is 1. The standard InChI is InChI=1S/C25H31N3O4/c1-30-25(29)27-20-13-17-6-9-21(14-20)28(12-10-17)15-18-4-7-19(8-5-18)23-16-31-22-3-2-11-26-24(22)32-23/h2-5,7-8,11,17,20-21,23H,6,9-10,12-16H2,1H3,(H,27,29). The maximum absolute atomic E-state index is 11.7. The van der Waals surface area contributed by atoms with E-state index in [1.807, 2.05) is 12.1 Å². The molecule has 0 radical (unpaired) electrons. The third-order valence-corrected chi connectivity index (χ3v) is 7.05. The Balaban J connectivity index is 1.23. The van der Waals surface area contributed by atoms with Crippen LogP contribution in [-0.4, -0.2) is 48.3 Å². The molecule has 2 aliphatic heterocycles. The van der Waals surface area contributed by atoms with Gasteiger partial charge in [0.25, 0.3) is 5.88 Å². The first kappa shape index (κ1) is 21.1. The monoisotopic (exact) mass is 437 g/mol. The van der Waals surface area contributed by atoms with Crippen molar-refractivity contribution in [3.63, 3.8) is 0 Å². The highest BCUT2D eigenvalue weighted by Gasteiger charge is 2.33. The maximum atomic E-state index is 11.7. The number of benzene rings is 1. The molecule has 1 N–H and O–H groups in total. The number of alkyl carbamates (subject to hydrolysis) is 1. The normalized spacial score (nSPS) is 27.3. The van der Waals surface area contributed by atoms with Crippen molar-refractivity contribution in [2.75, 3.05) is 20.3 Å². The number of pyridine rings is 1. The molecule has 0 spiro atoms. The lowest BCUT2D eigenvalue weighted by Crippen LogP contribution is -2.44. The molecule has 170 valence electrons. The van der Waals surface area contributed by atoms with E-state index in [0.717, 1.165) is 31.5 Å². The van der Waals surface area contributed by atoms with E-state index in [2.05, 4.69) is 39.5 Å². The lowest BCUT2D eigenvalue weighted by atomic mass is 9.94. The van der Waals surface area contributed by atoms with E-state index in [1.54, 1.807) is 6.20 Å². The first-order valence-corrected chi connectivity index (χ1v) is 11.6. The summed E-state index contributed by atoms with van der Waals surface area (Å²) in [6.07, 6.45) is 6.94. The van der Waals surface area contributed by atoms with Crippen molar-refractivity contribution < 1.29 is 19.0 Å². The van der Waals surface area contributed by atoms with Crippen LogP contribution >= 0.6 is 0 Å². The Labute approximate surface area is 189 Å². The van der Waals surface area contributed by atoms with Crippen LogP contribution in [0.5, 0.6) is 11.6 Å². The molecule has 1 aromatic carbocycles. The zero-order valence-corrected chi connectivity index (χ0v) is 18.5. The van der Waals surface area contributed by atoms with E-state index in [-0.39, 0.29) is 18.2 Å². The van der Waals surface area contributed by atoms with Crippen LogP contribution in [0.15, 0.2) is 42.6 Å². The van der Waals surface area contributed by atoms with Gasteiger partial charge >= 0.3 is 6.09 Å². The molecule has 7 nitrogen and oxygen atoms in total. The minimum atomic E-state index is -0.316. The molecule has 3 heterocycles. The smallest absolute Gasteiger partial charge is 0.407 e. The molecule has 32 heavy (non-hydrogen) atoms. The second kappa shape index (κ2) is 9.36. The van der Waals surface area contributed by atoms with Gasteiger partial charge in [-0.05, 0) is 67.8 Å². The molecule has 2 bridgehead atoms. The fourth-order valence-corrected chi connectivity index (χ4v) is 5.31. The average molecular weight is 438 g/mol. The fourth-order valence-electron chi connectivity index (χ4n) is 5.31. The van der Waals surface area contributed by atoms with Gasteiger partial charge in [0.1, 0.15) is 6.61 Å². The minimum Gasteiger partial charge on any atom is -0.484 e. The van der Waals surface area contributed by atoms with E-state index in [0.29, 0.717) is 30.2 Å². The van der Waals surface area contributed by atoms with Crippen LogP contribution in [0.1, 0.15) is 49.3 Å². The SMILES string of the molecule is COC(=O)NC1CC2CCC(C1)N(Cc1ccc(C3COc4cccnc4O3)cc1)CC2. The number of ether oxygens (including phenoxy) is 3. The van der Waals surface area contributed by atoms with Crippen LogP contribution in [-0.2, 0) is 11.3 Å². The number of hydrogen-bond donors (Lipinski definition) is 1. The fraction of sp³-hybridized carbons (Fsp3) is 0.520. The van der Waals surface area contributed by atoms with Crippen LogP contribution in [0, 0.1) is 5.92 Å². The third kappa shape index (κ3) is 4.67. The second-order valence-electron chi connectivity index (χ2n) is 9.13. The molecule has 7 heteroatoms. The molecule has 1 saturated heterocycles. The van der Waals surface area contributed by atoms with Crippen molar-refractivity contribution in [2.24, 2.45) is 5.92 Å². The van der Waals surface area contributed by atoms with E-state index < -0.39 is 0 Å². The molecule has 2 aromatic rings. The Morgan fingerprint density at radius 2 is 2.06 bits per heavy atom. The number of nitrogens with zero attached hydrogens (tertiary/aromatic N) is 2. The molecule has 1 aliphatic carbocycles. The number of amides is 1. The molecule has 3 aliphatic rings. The molecular formula is C25H31N3O4. The molecule has 5 rings (SSSR count). The highest BCUT2D eigenvalue weighted by Crippen LogP contribution is 2.35. The van der Waals surface area contributed by atoms with Gasteiger partial charge in [0, 0.05) is 24.8 Å².